The lowest BCUT2D eigenvalue weighted by Gasteiger charge is -2.25. The van der Waals surface area contributed by atoms with E-state index in [4.69, 9.17) is 29.8 Å². The highest BCUT2D eigenvalue weighted by molar-refractivity contribution is 6.42. The lowest BCUT2D eigenvalue weighted by molar-refractivity contribution is -0.117. The molecule has 17 heavy (non-hydrogen) atoms. The molecular weight excluding hydrogens is 259 g/mol. The van der Waals surface area contributed by atoms with E-state index in [-0.39, 0.29) is 18.5 Å². The molecule has 0 saturated heterocycles. The van der Waals surface area contributed by atoms with Crippen molar-refractivity contribution in [2.75, 3.05) is 11.4 Å². The number of hydrogen-bond donors (Lipinski definition) is 0. The molecule has 1 rings (SSSR count). The van der Waals surface area contributed by atoms with Crippen LogP contribution >= 0.6 is 23.2 Å². The van der Waals surface area contributed by atoms with Gasteiger partial charge in [0.1, 0.15) is 0 Å². The van der Waals surface area contributed by atoms with Crippen LogP contribution in [0, 0.1) is 6.57 Å². The smallest absolute Gasteiger partial charge is 0.306 e. The molecule has 1 amide bonds. The fraction of sp³-hybridized carbons (Fsp3) is 0.333. The molecular formula is C12H12Cl2N2O. The van der Waals surface area contributed by atoms with Crippen molar-refractivity contribution in [1.82, 2.24) is 0 Å². The summed E-state index contributed by atoms with van der Waals surface area (Å²) in [5, 5.41) is 0.835. The lowest BCUT2D eigenvalue weighted by atomic mass is 10.2. The minimum absolute atomic E-state index is 0.0403. The third-order valence-corrected chi connectivity index (χ3v) is 2.92. The van der Waals surface area contributed by atoms with E-state index in [9.17, 15) is 4.79 Å². The van der Waals surface area contributed by atoms with Crippen molar-refractivity contribution in [2.45, 2.75) is 19.9 Å². The number of halogens is 2. The second-order valence-corrected chi connectivity index (χ2v) is 4.59. The first kappa shape index (κ1) is 13.8. The first-order valence-electron chi connectivity index (χ1n) is 5.07. The van der Waals surface area contributed by atoms with Crippen LogP contribution in [0.2, 0.25) is 10.0 Å². The predicted octanol–water partition coefficient (Wildman–Crippen LogP) is 3.65. The molecule has 0 N–H and O–H groups in total. The quantitative estimate of drug-likeness (QED) is 0.770. The van der Waals surface area contributed by atoms with Crippen LogP contribution in [0.3, 0.4) is 0 Å². The minimum Gasteiger partial charge on any atom is -0.306 e. The SMILES string of the molecule is [C-]#[N+]CC(=O)N(c1ccc(Cl)c(Cl)c1)C(C)C. The molecule has 0 spiro atoms. The molecule has 0 radical (unpaired) electrons. The molecule has 0 bridgehead atoms. The highest BCUT2D eigenvalue weighted by Gasteiger charge is 2.21. The number of amides is 1. The fourth-order valence-corrected chi connectivity index (χ4v) is 1.80. The van der Waals surface area contributed by atoms with Gasteiger partial charge in [0.05, 0.1) is 10.0 Å². The number of carbonyl (C=O) groups is 1. The summed E-state index contributed by atoms with van der Waals surface area (Å²) in [7, 11) is 0. The maximum absolute atomic E-state index is 11.8. The zero-order valence-corrected chi connectivity index (χ0v) is 11.1. The van der Waals surface area contributed by atoms with Gasteiger partial charge in [0.2, 0.25) is 0 Å². The second-order valence-electron chi connectivity index (χ2n) is 3.77. The highest BCUT2D eigenvalue weighted by atomic mass is 35.5. The number of hydrogen-bond acceptors (Lipinski definition) is 1. The molecule has 0 aliphatic carbocycles. The Hall–Kier alpha value is -1.24. The summed E-state index contributed by atoms with van der Waals surface area (Å²) in [6.07, 6.45) is 0. The molecule has 0 heterocycles. The van der Waals surface area contributed by atoms with E-state index in [1.54, 1.807) is 23.1 Å². The monoisotopic (exact) mass is 270 g/mol. The minimum atomic E-state index is -0.242. The molecule has 0 aliphatic heterocycles. The molecule has 0 aliphatic rings. The zero-order chi connectivity index (χ0) is 13.0. The van der Waals surface area contributed by atoms with Crippen molar-refractivity contribution in [2.24, 2.45) is 0 Å². The largest absolute Gasteiger partial charge is 0.307 e. The highest BCUT2D eigenvalue weighted by Crippen LogP contribution is 2.28. The zero-order valence-electron chi connectivity index (χ0n) is 9.58. The van der Waals surface area contributed by atoms with Crippen molar-refractivity contribution in [3.8, 4) is 0 Å². The standard InChI is InChI=1S/C12H12Cl2N2O/c1-8(2)16(12(17)7-15-3)9-4-5-10(13)11(14)6-9/h4-6,8H,7H2,1-2H3. The van der Waals surface area contributed by atoms with E-state index in [0.29, 0.717) is 15.7 Å². The summed E-state index contributed by atoms with van der Waals surface area (Å²) in [6.45, 7) is 10.3. The van der Waals surface area contributed by atoms with Gasteiger partial charge in [-0.1, -0.05) is 23.2 Å². The summed E-state index contributed by atoms with van der Waals surface area (Å²) < 4.78 is 0. The Labute approximate surface area is 111 Å². The van der Waals surface area contributed by atoms with E-state index in [1.165, 1.54) is 0 Å². The van der Waals surface area contributed by atoms with E-state index in [1.807, 2.05) is 13.8 Å². The van der Waals surface area contributed by atoms with E-state index in [0.717, 1.165) is 0 Å². The van der Waals surface area contributed by atoms with Crippen LogP contribution in [-0.2, 0) is 4.79 Å². The Morgan fingerprint density at radius 2 is 2.06 bits per heavy atom. The molecule has 0 unspecified atom stereocenters. The molecule has 0 fully saturated rings. The van der Waals surface area contributed by atoms with Crippen molar-refractivity contribution >= 4 is 34.8 Å². The van der Waals surface area contributed by atoms with Gasteiger partial charge < -0.3 is 9.74 Å². The van der Waals surface area contributed by atoms with Crippen LogP contribution in [-0.4, -0.2) is 18.5 Å². The van der Waals surface area contributed by atoms with Gasteiger partial charge in [-0.15, -0.1) is 0 Å². The van der Waals surface area contributed by atoms with Gasteiger partial charge in [0.25, 0.3) is 6.54 Å². The van der Waals surface area contributed by atoms with Crippen LogP contribution in [0.4, 0.5) is 5.69 Å². The average molecular weight is 271 g/mol. The number of benzene rings is 1. The maximum atomic E-state index is 11.8. The molecule has 0 atom stereocenters. The number of anilines is 1. The summed E-state index contributed by atoms with van der Waals surface area (Å²) in [4.78, 5) is 16.5. The molecule has 5 heteroatoms. The summed E-state index contributed by atoms with van der Waals surface area (Å²) >= 11 is 11.7. The lowest BCUT2D eigenvalue weighted by Crippen LogP contribution is -2.38. The van der Waals surface area contributed by atoms with Crippen LogP contribution in [0.5, 0.6) is 0 Å². The van der Waals surface area contributed by atoms with Crippen LogP contribution in [0.25, 0.3) is 4.85 Å². The van der Waals surface area contributed by atoms with E-state index >= 15 is 0 Å². The third-order valence-electron chi connectivity index (χ3n) is 2.18. The molecule has 1 aromatic carbocycles. The van der Waals surface area contributed by atoms with Crippen LogP contribution < -0.4 is 4.90 Å². The van der Waals surface area contributed by atoms with Gasteiger partial charge in [-0.25, -0.2) is 6.57 Å². The van der Waals surface area contributed by atoms with Gasteiger partial charge in [0.15, 0.2) is 0 Å². The summed E-state index contributed by atoms with van der Waals surface area (Å²) in [6, 6.07) is 4.95. The Kier molecular flexibility index (Phi) is 4.80. The Bertz CT molecular complexity index is 466. The fourth-order valence-electron chi connectivity index (χ4n) is 1.51. The Morgan fingerprint density at radius 1 is 1.41 bits per heavy atom. The number of rotatable bonds is 3. The molecule has 0 saturated carbocycles. The van der Waals surface area contributed by atoms with Crippen LogP contribution in [0.1, 0.15) is 13.8 Å². The van der Waals surface area contributed by atoms with Crippen LogP contribution in [0.15, 0.2) is 18.2 Å². The Morgan fingerprint density at radius 3 is 2.53 bits per heavy atom. The van der Waals surface area contributed by atoms with E-state index in [2.05, 4.69) is 4.85 Å². The number of nitrogens with zero attached hydrogens (tertiary/aromatic N) is 2. The van der Waals surface area contributed by atoms with Gasteiger partial charge >= 0.3 is 5.91 Å². The first-order chi connectivity index (χ1) is 7.97. The first-order valence-corrected chi connectivity index (χ1v) is 5.83. The Balaban J connectivity index is 3.11. The molecule has 90 valence electrons. The third kappa shape index (κ3) is 3.36. The maximum Gasteiger partial charge on any atom is 0.307 e. The predicted molar refractivity (Wildman–Crippen MR) is 70.6 cm³/mol. The van der Waals surface area contributed by atoms with Crippen molar-refractivity contribution in [1.29, 1.82) is 0 Å². The molecule has 3 nitrogen and oxygen atoms in total. The van der Waals surface area contributed by atoms with Gasteiger partial charge in [-0.3, -0.25) is 4.79 Å². The van der Waals surface area contributed by atoms with Gasteiger partial charge in [-0.05, 0) is 32.0 Å². The molecule has 1 aromatic rings. The van der Waals surface area contributed by atoms with Crippen molar-refractivity contribution in [3.63, 3.8) is 0 Å². The van der Waals surface area contributed by atoms with E-state index < -0.39 is 0 Å². The summed E-state index contributed by atoms with van der Waals surface area (Å²) in [5.74, 6) is -0.242. The van der Waals surface area contributed by atoms with Gasteiger partial charge in [-0.2, -0.15) is 0 Å². The molecule has 0 aromatic heterocycles. The summed E-state index contributed by atoms with van der Waals surface area (Å²) in [5.41, 5.74) is 0.656. The average Bonchev–Trinajstić information content (AvgIpc) is 2.23. The van der Waals surface area contributed by atoms with Gasteiger partial charge in [0, 0.05) is 11.7 Å². The van der Waals surface area contributed by atoms with Crippen molar-refractivity contribution < 1.29 is 4.79 Å². The number of carbonyl (C=O) groups excluding carboxylic acids is 1. The second kappa shape index (κ2) is 5.90. The van der Waals surface area contributed by atoms with Crippen molar-refractivity contribution in [3.05, 3.63) is 39.7 Å². The normalized spacial score (nSPS) is 10.1. The topological polar surface area (TPSA) is 24.7 Å².